The molecular formula is C18H31N. The molecule has 0 spiro atoms. The lowest BCUT2D eigenvalue weighted by Crippen LogP contribution is -2.49. The van der Waals surface area contributed by atoms with Crippen LogP contribution in [0.1, 0.15) is 58.8 Å². The molecule has 1 heterocycles. The molecule has 5 fully saturated rings. The predicted octanol–water partition coefficient (Wildman–Crippen LogP) is 4.08. The summed E-state index contributed by atoms with van der Waals surface area (Å²) >= 11 is 0. The first-order chi connectivity index (χ1) is 9.12. The number of nitrogens with one attached hydrogen (secondary N) is 1. The third-order valence-electron chi connectivity index (χ3n) is 7.42. The molecule has 4 saturated carbocycles. The van der Waals surface area contributed by atoms with Gasteiger partial charge in [-0.05, 0) is 99.0 Å². The largest absolute Gasteiger partial charge is 0.316 e. The second kappa shape index (κ2) is 4.48. The zero-order chi connectivity index (χ0) is 13.0. The topological polar surface area (TPSA) is 12.0 Å². The Hall–Kier alpha value is -0.0400. The Morgan fingerprint density at radius 2 is 1.58 bits per heavy atom. The van der Waals surface area contributed by atoms with Gasteiger partial charge in [0, 0.05) is 0 Å². The number of hydrogen-bond donors (Lipinski definition) is 1. The number of hydrogen-bond acceptors (Lipinski definition) is 1. The molecule has 5 aliphatic rings. The SMILES string of the molecule is CC1(C)CCNCC1CC1C2CC3CC(C2)CC1C3. The van der Waals surface area contributed by atoms with Gasteiger partial charge in [-0.3, -0.25) is 0 Å². The van der Waals surface area contributed by atoms with Gasteiger partial charge in [-0.1, -0.05) is 13.8 Å². The lowest BCUT2D eigenvalue weighted by molar-refractivity contribution is -0.0553. The second-order valence-electron chi connectivity index (χ2n) is 8.97. The van der Waals surface area contributed by atoms with Crippen LogP contribution < -0.4 is 5.32 Å². The Kier molecular flexibility index (Phi) is 2.99. The van der Waals surface area contributed by atoms with E-state index in [0.717, 1.165) is 35.5 Å². The second-order valence-corrected chi connectivity index (χ2v) is 8.97. The van der Waals surface area contributed by atoms with Gasteiger partial charge in [-0.15, -0.1) is 0 Å². The molecule has 0 aromatic heterocycles. The van der Waals surface area contributed by atoms with Gasteiger partial charge in [0.15, 0.2) is 0 Å². The molecule has 1 heteroatoms. The van der Waals surface area contributed by atoms with Crippen molar-refractivity contribution in [3.8, 4) is 0 Å². The van der Waals surface area contributed by atoms with Crippen molar-refractivity contribution in [1.82, 2.24) is 5.32 Å². The van der Waals surface area contributed by atoms with Crippen LogP contribution in [0.5, 0.6) is 0 Å². The summed E-state index contributed by atoms with van der Waals surface area (Å²) in [5.41, 5.74) is 0.583. The number of rotatable bonds is 2. The molecule has 1 atom stereocenters. The van der Waals surface area contributed by atoms with Gasteiger partial charge in [0.25, 0.3) is 0 Å². The van der Waals surface area contributed by atoms with Crippen LogP contribution in [0.3, 0.4) is 0 Å². The molecule has 1 N–H and O–H groups in total. The Bertz CT molecular complexity index is 318. The highest BCUT2D eigenvalue weighted by atomic mass is 14.9. The molecule has 0 aromatic carbocycles. The van der Waals surface area contributed by atoms with E-state index in [1.165, 1.54) is 25.9 Å². The Balaban J connectivity index is 1.48. The molecule has 5 rings (SSSR count). The fourth-order valence-electron chi connectivity index (χ4n) is 6.32. The average Bonchev–Trinajstić information content (AvgIpc) is 2.34. The monoisotopic (exact) mass is 261 g/mol. The summed E-state index contributed by atoms with van der Waals surface area (Å²) in [7, 11) is 0. The van der Waals surface area contributed by atoms with Gasteiger partial charge in [-0.25, -0.2) is 0 Å². The van der Waals surface area contributed by atoms with Crippen molar-refractivity contribution in [2.75, 3.05) is 13.1 Å². The van der Waals surface area contributed by atoms with Crippen molar-refractivity contribution in [3.05, 3.63) is 0 Å². The van der Waals surface area contributed by atoms with E-state index in [2.05, 4.69) is 19.2 Å². The Morgan fingerprint density at radius 3 is 2.16 bits per heavy atom. The maximum Gasteiger partial charge on any atom is -0.00153 e. The molecule has 1 saturated heterocycles. The summed E-state index contributed by atoms with van der Waals surface area (Å²) in [6, 6.07) is 0. The zero-order valence-corrected chi connectivity index (χ0v) is 12.8. The van der Waals surface area contributed by atoms with E-state index in [4.69, 9.17) is 0 Å². The first kappa shape index (κ1) is 12.7. The lowest BCUT2D eigenvalue weighted by Gasteiger charge is -2.56. The van der Waals surface area contributed by atoms with Crippen LogP contribution in [0.2, 0.25) is 0 Å². The van der Waals surface area contributed by atoms with E-state index < -0.39 is 0 Å². The fourth-order valence-corrected chi connectivity index (χ4v) is 6.32. The van der Waals surface area contributed by atoms with Crippen LogP contribution in [0.15, 0.2) is 0 Å². The third kappa shape index (κ3) is 2.17. The molecule has 1 nitrogen and oxygen atoms in total. The summed E-state index contributed by atoms with van der Waals surface area (Å²) < 4.78 is 0. The zero-order valence-electron chi connectivity index (χ0n) is 12.8. The fraction of sp³-hybridized carbons (Fsp3) is 1.00. The summed E-state index contributed by atoms with van der Waals surface area (Å²) in [4.78, 5) is 0. The third-order valence-corrected chi connectivity index (χ3v) is 7.42. The Labute approximate surface area is 118 Å². The van der Waals surface area contributed by atoms with Gasteiger partial charge in [0.2, 0.25) is 0 Å². The van der Waals surface area contributed by atoms with Gasteiger partial charge in [0.1, 0.15) is 0 Å². The van der Waals surface area contributed by atoms with Gasteiger partial charge in [-0.2, -0.15) is 0 Å². The van der Waals surface area contributed by atoms with E-state index >= 15 is 0 Å². The van der Waals surface area contributed by atoms with Crippen LogP contribution in [0.25, 0.3) is 0 Å². The summed E-state index contributed by atoms with van der Waals surface area (Å²) in [5, 5.41) is 3.66. The highest BCUT2D eigenvalue weighted by Crippen LogP contribution is 2.58. The minimum atomic E-state index is 0.583. The molecule has 4 bridgehead atoms. The van der Waals surface area contributed by atoms with Crippen LogP contribution in [0, 0.1) is 40.9 Å². The molecule has 0 radical (unpaired) electrons. The molecule has 1 aliphatic heterocycles. The van der Waals surface area contributed by atoms with Gasteiger partial charge in [0.05, 0.1) is 0 Å². The number of piperidine rings is 1. The van der Waals surface area contributed by atoms with Crippen LogP contribution in [0.4, 0.5) is 0 Å². The summed E-state index contributed by atoms with van der Waals surface area (Å²) in [6.45, 7) is 7.57. The quantitative estimate of drug-likeness (QED) is 0.789. The maximum atomic E-state index is 3.66. The minimum Gasteiger partial charge on any atom is -0.316 e. The van der Waals surface area contributed by atoms with E-state index in [-0.39, 0.29) is 0 Å². The van der Waals surface area contributed by atoms with Crippen molar-refractivity contribution in [1.29, 1.82) is 0 Å². The lowest BCUT2D eigenvalue weighted by atomic mass is 9.50. The molecule has 108 valence electrons. The molecule has 4 aliphatic carbocycles. The first-order valence-electron chi connectivity index (χ1n) is 8.82. The summed E-state index contributed by atoms with van der Waals surface area (Å²) in [5.74, 6) is 6.54. The summed E-state index contributed by atoms with van der Waals surface area (Å²) in [6.07, 6.45) is 10.9. The van der Waals surface area contributed by atoms with Crippen LogP contribution in [-0.4, -0.2) is 13.1 Å². The first-order valence-corrected chi connectivity index (χ1v) is 8.82. The van der Waals surface area contributed by atoms with E-state index in [9.17, 15) is 0 Å². The van der Waals surface area contributed by atoms with E-state index in [0.29, 0.717) is 5.41 Å². The van der Waals surface area contributed by atoms with Gasteiger partial charge < -0.3 is 5.32 Å². The highest BCUT2D eigenvalue weighted by molar-refractivity contribution is 5.00. The molecule has 0 amide bonds. The average molecular weight is 261 g/mol. The van der Waals surface area contributed by atoms with E-state index in [1.54, 1.807) is 32.1 Å². The van der Waals surface area contributed by atoms with Crippen LogP contribution in [-0.2, 0) is 0 Å². The van der Waals surface area contributed by atoms with Crippen LogP contribution >= 0.6 is 0 Å². The standard InChI is InChI=1S/C18H31N/c1-18(2)3-4-19-11-16(18)10-17-14-6-12-5-13(8-14)9-15(17)7-12/h12-17,19H,3-11H2,1-2H3. The molecule has 0 aromatic rings. The van der Waals surface area contributed by atoms with Crippen molar-refractivity contribution >= 4 is 0 Å². The van der Waals surface area contributed by atoms with Crippen molar-refractivity contribution < 1.29 is 0 Å². The minimum absolute atomic E-state index is 0.583. The smallest absolute Gasteiger partial charge is 0.00153 e. The van der Waals surface area contributed by atoms with Crippen molar-refractivity contribution in [3.63, 3.8) is 0 Å². The van der Waals surface area contributed by atoms with E-state index in [1.807, 2.05) is 0 Å². The highest BCUT2D eigenvalue weighted by Gasteiger charge is 2.49. The molecule has 1 unspecified atom stereocenters. The predicted molar refractivity (Wildman–Crippen MR) is 79.9 cm³/mol. The maximum absolute atomic E-state index is 3.66. The Morgan fingerprint density at radius 1 is 0.947 bits per heavy atom. The van der Waals surface area contributed by atoms with Crippen molar-refractivity contribution in [2.45, 2.75) is 58.8 Å². The van der Waals surface area contributed by atoms with Gasteiger partial charge >= 0.3 is 0 Å². The molecular weight excluding hydrogens is 230 g/mol. The molecule has 19 heavy (non-hydrogen) atoms. The van der Waals surface area contributed by atoms with Crippen molar-refractivity contribution in [2.24, 2.45) is 40.9 Å². The normalized spacial score (nSPS) is 51.5.